The zero-order valence-electron chi connectivity index (χ0n) is 10.6. The molecule has 0 amide bonds. The molecule has 2 heterocycles. The average Bonchev–Trinajstić information content (AvgIpc) is 2.38. The molecule has 0 saturated carbocycles. The summed E-state index contributed by atoms with van der Waals surface area (Å²) in [5.74, 6) is -0.398. The molecule has 10 heteroatoms. The van der Waals surface area contributed by atoms with Gasteiger partial charge < -0.3 is 0 Å². The Morgan fingerprint density at radius 2 is 2.10 bits per heavy atom. The Hall–Kier alpha value is -0.710. The Balaban J connectivity index is 2.50. The summed E-state index contributed by atoms with van der Waals surface area (Å²) in [4.78, 5) is 3.54. The normalized spacial score (nSPS) is 21.8. The molecule has 0 spiro atoms. The van der Waals surface area contributed by atoms with Crippen molar-refractivity contribution < 1.29 is 21.2 Å². The quantitative estimate of drug-likeness (QED) is 0.788. The second-order valence-electron chi connectivity index (χ2n) is 4.27. The Kier molecular flexibility index (Phi) is 4.38. The van der Waals surface area contributed by atoms with Crippen LogP contribution in [-0.2, 0) is 19.9 Å². The van der Waals surface area contributed by atoms with E-state index in [1.807, 2.05) is 0 Å². The monoisotopic (exact) mass is 340 g/mol. The fourth-order valence-corrected chi connectivity index (χ4v) is 7.00. The van der Waals surface area contributed by atoms with E-state index in [-0.39, 0.29) is 12.3 Å². The first-order valence-corrected chi connectivity index (χ1v) is 10.2. The van der Waals surface area contributed by atoms with Crippen LogP contribution in [0.1, 0.15) is 0 Å². The molecule has 0 radical (unpaired) electrons. The second kappa shape index (κ2) is 5.58. The van der Waals surface area contributed by atoms with Crippen LogP contribution >= 0.6 is 11.8 Å². The van der Waals surface area contributed by atoms with Crippen LogP contribution in [0.3, 0.4) is 0 Å². The van der Waals surface area contributed by atoms with Gasteiger partial charge in [0.25, 0.3) is 10.0 Å². The molecule has 1 aliphatic rings. The molecule has 1 aromatic rings. The SMILES string of the molecule is CS(=O)(=O)C1CSCCN1S(=O)(=O)c1ncccc1F. The number of halogens is 1. The number of pyridine rings is 1. The molecular formula is C10H13FN2O4S3. The number of sulfone groups is 1. The zero-order chi connectivity index (χ0) is 15.0. The Labute approximate surface area is 121 Å². The van der Waals surface area contributed by atoms with Crippen molar-refractivity contribution in [3.05, 3.63) is 24.1 Å². The molecule has 1 unspecified atom stereocenters. The minimum Gasteiger partial charge on any atom is -0.241 e. The van der Waals surface area contributed by atoms with Gasteiger partial charge in [-0.25, -0.2) is 26.2 Å². The molecule has 112 valence electrons. The van der Waals surface area contributed by atoms with E-state index in [0.29, 0.717) is 5.75 Å². The maximum Gasteiger partial charge on any atom is 0.264 e. The van der Waals surface area contributed by atoms with Crippen LogP contribution in [0.4, 0.5) is 4.39 Å². The van der Waals surface area contributed by atoms with Crippen molar-refractivity contribution in [3.63, 3.8) is 0 Å². The van der Waals surface area contributed by atoms with Gasteiger partial charge in [0, 0.05) is 30.5 Å². The van der Waals surface area contributed by atoms with Crippen LogP contribution in [0.5, 0.6) is 0 Å². The minimum absolute atomic E-state index is 0.0146. The van der Waals surface area contributed by atoms with E-state index < -0.39 is 36.1 Å². The molecule has 0 aromatic carbocycles. The summed E-state index contributed by atoms with van der Waals surface area (Å²) in [6, 6.07) is 2.25. The highest BCUT2D eigenvalue weighted by Crippen LogP contribution is 2.27. The summed E-state index contributed by atoms with van der Waals surface area (Å²) >= 11 is 1.35. The highest BCUT2D eigenvalue weighted by molar-refractivity contribution is 8.01. The number of nitrogens with zero attached hydrogens (tertiary/aromatic N) is 2. The molecule has 1 saturated heterocycles. The van der Waals surface area contributed by atoms with Gasteiger partial charge >= 0.3 is 0 Å². The third-order valence-corrected chi connectivity index (χ3v) is 7.43. The van der Waals surface area contributed by atoms with Crippen molar-refractivity contribution in [1.82, 2.24) is 9.29 Å². The Bertz CT molecular complexity index is 705. The standard InChI is InChI=1S/C10H13FN2O4S3/c1-19(14,15)9-7-18-6-5-13(9)20(16,17)10-8(11)3-2-4-12-10/h2-4,9H,5-7H2,1H3. The van der Waals surface area contributed by atoms with Crippen molar-refractivity contribution in [2.45, 2.75) is 10.4 Å². The first kappa shape index (κ1) is 15.7. The summed E-state index contributed by atoms with van der Waals surface area (Å²) < 4.78 is 62.7. The van der Waals surface area contributed by atoms with Gasteiger partial charge in [0.15, 0.2) is 15.7 Å². The summed E-state index contributed by atoms with van der Waals surface area (Å²) in [6.45, 7) is 0.0146. The van der Waals surface area contributed by atoms with Gasteiger partial charge in [-0.1, -0.05) is 0 Å². The summed E-state index contributed by atoms with van der Waals surface area (Å²) in [7, 11) is -7.87. The number of aromatic nitrogens is 1. The topological polar surface area (TPSA) is 84.4 Å². The van der Waals surface area contributed by atoms with Gasteiger partial charge in [0.2, 0.25) is 5.03 Å². The molecule has 0 aliphatic carbocycles. The fraction of sp³-hybridized carbons (Fsp3) is 0.500. The van der Waals surface area contributed by atoms with E-state index in [0.717, 1.165) is 22.8 Å². The van der Waals surface area contributed by atoms with Gasteiger partial charge in [-0.05, 0) is 12.1 Å². The lowest BCUT2D eigenvalue weighted by molar-refractivity contribution is 0.399. The van der Waals surface area contributed by atoms with Gasteiger partial charge in [0.1, 0.15) is 5.37 Å². The molecule has 20 heavy (non-hydrogen) atoms. The van der Waals surface area contributed by atoms with E-state index in [9.17, 15) is 21.2 Å². The highest BCUT2D eigenvalue weighted by atomic mass is 32.2. The lowest BCUT2D eigenvalue weighted by Gasteiger charge is -2.32. The van der Waals surface area contributed by atoms with Gasteiger partial charge in [-0.15, -0.1) is 0 Å². The predicted octanol–water partition coefficient (Wildman–Crippen LogP) is 0.329. The number of thioether (sulfide) groups is 1. The Morgan fingerprint density at radius 3 is 2.70 bits per heavy atom. The molecule has 1 atom stereocenters. The van der Waals surface area contributed by atoms with Crippen molar-refractivity contribution in [3.8, 4) is 0 Å². The first-order valence-electron chi connectivity index (χ1n) is 5.63. The van der Waals surface area contributed by atoms with Crippen molar-refractivity contribution in [2.24, 2.45) is 0 Å². The second-order valence-corrected chi connectivity index (χ2v) is 9.42. The van der Waals surface area contributed by atoms with E-state index in [1.165, 1.54) is 17.8 Å². The van der Waals surface area contributed by atoms with Crippen molar-refractivity contribution in [1.29, 1.82) is 0 Å². The molecular weight excluding hydrogens is 327 g/mol. The van der Waals surface area contributed by atoms with Crippen LogP contribution in [0.2, 0.25) is 0 Å². The third kappa shape index (κ3) is 2.97. The number of sulfonamides is 1. The lowest BCUT2D eigenvalue weighted by Crippen LogP contribution is -2.50. The number of hydrogen-bond donors (Lipinski definition) is 0. The van der Waals surface area contributed by atoms with Crippen LogP contribution in [0.15, 0.2) is 23.4 Å². The van der Waals surface area contributed by atoms with Crippen molar-refractivity contribution >= 4 is 31.6 Å². The van der Waals surface area contributed by atoms with Crippen LogP contribution in [-0.4, -0.2) is 55.8 Å². The molecule has 2 rings (SSSR count). The van der Waals surface area contributed by atoms with Gasteiger partial charge in [-0.2, -0.15) is 16.1 Å². The maximum absolute atomic E-state index is 13.6. The highest BCUT2D eigenvalue weighted by Gasteiger charge is 2.41. The molecule has 1 aliphatic heterocycles. The first-order chi connectivity index (χ1) is 9.24. The maximum atomic E-state index is 13.6. The van der Waals surface area contributed by atoms with Crippen LogP contribution in [0.25, 0.3) is 0 Å². The minimum atomic E-state index is -4.27. The van der Waals surface area contributed by atoms with Crippen molar-refractivity contribution in [2.75, 3.05) is 24.3 Å². The smallest absolute Gasteiger partial charge is 0.241 e. The Morgan fingerprint density at radius 1 is 1.40 bits per heavy atom. The van der Waals surface area contributed by atoms with E-state index >= 15 is 0 Å². The van der Waals surface area contributed by atoms with E-state index in [1.54, 1.807) is 0 Å². The summed E-state index contributed by atoms with van der Waals surface area (Å²) in [5.41, 5.74) is 0. The van der Waals surface area contributed by atoms with Gasteiger partial charge in [0.05, 0.1) is 0 Å². The van der Waals surface area contributed by atoms with E-state index in [2.05, 4.69) is 4.98 Å². The third-order valence-electron chi connectivity index (χ3n) is 2.81. The largest absolute Gasteiger partial charge is 0.264 e. The van der Waals surface area contributed by atoms with E-state index in [4.69, 9.17) is 0 Å². The van der Waals surface area contributed by atoms with Crippen LogP contribution in [0, 0.1) is 5.82 Å². The van der Waals surface area contributed by atoms with Crippen LogP contribution < -0.4 is 0 Å². The lowest BCUT2D eigenvalue weighted by atomic mass is 10.5. The van der Waals surface area contributed by atoms with Gasteiger partial charge in [-0.3, -0.25) is 0 Å². The molecule has 1 fully saturated rings. The zero-order valence-corrected chi connectivity index (χ0v) is 13.0. The summed E-state index contributed by atoms with van der Waals surface area (Å²) in [5, 5.41) is -1.92. The molecule has 0 bridgehead atoms. The number of hydrogen-bond acceptors (Lipinski definition) is 6. The fourth-order valence-electron chi connectivity index (χ4n) is 1.85. The molecule has 0 N–H and O–H groups in total. The predicted molar refractivity (Wildman–Crippen MR) is 74.0 cm³/mol. The number of rotatable bonds is 3. The molecule has 1 aromatic heterocycles. The summed E-state index contributed by atoms with van der Waals surface area (Å²) in [6.07, 6.45) is 2.13. The molecule has 6 nitrogen and oxygen atoms in total. The average molecular weight is 340 g/mol.